The van der Waals surface area contributed by atoms with Gasteiger partial charge in [0.1, 0.15) is 5.75 Å². The molecule has 7 nitrogen and oxygen atoms in total. The van der Waals surface area contributed by atoms with Gasteiger partial charge in [-0.05, 0) is 30.7 Å². The second-order valence-electron chi connectivity index (χ2n) is 3.85. The van der Waals surface area contributed by atoms with Gasteiger partial charge in [-0.15, -0.1) is 4.98 Å². The fourth-order valence-corrected chi connectivity index (χ4v) is 1.36. The second-order valence-corrected chi connectivity index (χ2v) is 3.85. The molecule has 0 saturated heterocycles. The topological polar surface area (TPSA) is 107 Å². The molecular formula is C13H13N5O2. The lowest BCUT2D eigenvalue weighted by molar-refractivity contribution is 0.285. The Morgan fingerprint density at radius 2 is 1.85 bits per heavy atom. The summed E-state index contributed by atoms with van der Waals surface area (Å²) < 4.78 is 10.7. The Morgan fingerprint density at radius 3 is 2.50 bits per heavy atom. The smallest absolute Gasteiger partial charge is 0.330 e. The SMILES string of the molecule is CCCOc1nc(N)nc(Oc2ccc(C#N)cc2)n1. The molecule has 2 rings (SSSR count). The normalized spacial score (nSPS) is 9.80. The molecule has 1 aromatic carbocycles. The van der Waals surface area contributed by atoms with E-state index in [-0.39, 0.29) is 18.0 Å². The van der Waals surface area contributed by atoms with Crippen LogP contribution < -0.4 is 15.2 Å². The van der Waals surface area contributed by atoms with E-state index in [9.17, 15) is 0 Å². The van der Waals surface area contributed by atoms with Crippen LogP contribution in [0.4, 0.5) is 5.95 Å². The van der Waals surface area contributed by atoms with Crippen LogP contribution in [0.1, 0.15) is 18.9 Å². The van der Waals surface area contributed by atoms with Crippen molar-refractivity contribution in [2.45, 2.75) is 13.3 Å². The number of ether oxygens (including phenoxy) is 2. The number of nitrogen functional groups attached to an aromatic ring is 1. The monoisotopic (exact) mass is 271 g/mol. The minimum atomic E-state index is 0.0229. The molecule has 0 aliphatic carbocycles. The highest BCUT2D eigenvalue weighted by Crippen LogP contribution is 2.20. The van der Waals surface area contributed by atoms with Crippen molar-refractivity contribution < 1.29 is 9.47 Å². The first-order valence-electron chi connectivity index (χ1n) is 6.03. The summed E-state index contributed by atoms with van der Waals surface area (Å²) >= 11 is 0. The van der Waals surface area contributed by atoms with Gasteiger partial charge in [0.05, 0.1) is 18.2 Å². The molecule has 0 unspecified atom stereocenters. The molecule has 0 aliphatic heterocycles. The van der Waals surface area contributed by atoms with E-state index in [4.69, 9.17) is 20.5 Å². The molecule has 1 aromatic heterocycles. The van der Waals surface area contributed by atoms with Crippen molar-refractivity contribution in [3.05, 3.63) is 29.8 Å². The number of hydrogen-bond donors (Lipinski definition) is 1. The van der Waals surface area contributed by atoms with Gasteiger partial charge in [0.15, 0.2) is 0 Å². The number of anilines is 1. The summed E-state index contributed by atoms with van der Waals surface area (Å²) in [6.45, 7) is 2.46. The molecule has 0 radical (unpaired) electrons. The van der Waals surface area contributed by atoms with Crippen LogP contribution in [0.2, 0.25) is 0 Å². The molecule has 0 fully saturated rings. The first kappa shape index (κ1) is 13.5. The van der Waals surface area contributed by atoms with Gasteiger partial charge < -0.3 is 15.2 Å². The number of nitrogens with two attached hydrogens (primary N) is 1. The van der Waals surface area contributed by atoms with Crippen LogP contribution in [-0.4, -0.2) is 21.6 Å². The molecule has 0 aliphatic rings. The largest absolute Gasteiger partial charge is 0.463 e. The summed E-state index contributed by atoms with van der Waals surface area (Å²) in [5.41, 5.74) is 6.11. The van der Waals surface area contributed by atoms with E-state index in [1.807, 2.05) is 13.0 Å². The fraction of sp³-hybridized carbons (Fsp3) is 0.231. The number of benzene rings is 1. The zero-order valence-electron chi connectivity index (χ0n) is 10.9. The third-order valence-corrected chi connectivity index (χ3v) is 2.24. The lowest BCUT2D eigenvalue weighted by Gasteiger charge is -2.06. The van der Waals surface area contributed by atoms with Crippen LogP contribution in [-0.2, 0) is 0 Å². The minimum Gasteiger partial charge on any atom is -0.463 e. The van der Waals surface area contributed by atoms with Crippen LogP contribution in [0.3, 0.4) is 0 Å². The van der Waals surface area contributed by atoms with Crippen molar-refractivity contribution in [3.8, 4) is 23.8 Å². The van der Waals surface area contributed by atoms with E-state index in [2.05, 4.69) is 15.0 Å². The van der Waals surface area contributed by atoms with Crippen molar-refractivity contribution in [3.63, 3.8) is 0 Å². The lowest BCUT2D eigenvalue weighted by atomic mass is 10.2. The molecule has 2 N–H and O–H groups in total. The molecule has 0 atom stereocenters. The Bertz CT molecular complexity index is 622. The van der Waals surface area contributed by atoms with Crippen molar-refractivity contribution in [2.75, 3.05) is 12.3 Å². The highest BCUT2D eigenvalue weighted by molar-refractivity contribution is 5.35. The second kappa shape index (κ2) is 6.33. The Hall–Kier alpha value is -2.88. The predicted octanol–water partition coefficient (Wildman–Crippen LogP) is 1.91. The first-order chi connectivity index (χ1) is 9.71. The molecule has 0 bridgehead atoms. The predicted molar refractivity (Wildman–Crippen MR) is 71.3 cm³/mol. The standard InChI is InChI=1S/C13H13N5O2/c1-2-7-19-12-16-11(15)17-13(18-12)20-10-5-3-9(8-14)4-6-10/h3-6H,2,7H2,1H3,(H2,15,16,17,18). The zero-order valence-corrected chi connectivity index (χ0v) is 10.9. The van der Waals surface area contributed by atoms with Gasteiger partial charge >= 0.3 is 12.0 Å². The van der Waals surface area contributed by atoms with E-state index in [0.717, 1.165) is 6.42 Å². The van der Waals surface area contributed by atoms with E-state index >= 15 is 0 Å². The summed E-state index contributed by atoms with van der Waals surface area (Å²) in [7, 11) is 0. The highest BCUT2D eigenvalue weighted by atomic mass is 16.5. The molecule has 0 saturated carbocycles. The molecule has 0 spiro atoms. The van der Waals surface area contributed by atoms with Gasteiger partial charge in [-0.2, -0.15) is 15.2 Å². The van der Waals surface area contributed by atoms with Gasteiger partial charge in [0.25, 0.3) is 0 Å². The first-order valence-corrected chi connectivity index (χ1v) is 6.03. The summed E-state index contributed by atoms with van der Waals surface area (Å²) in [5, 5.41) is 8.72. The maximum atomic E-state index is 8.72. The number of rotatable bonds is 5. The zero-order chi connectivity index (χ0) is 14.4. The van der Waals surface area contributed by atoms with Crippen LogP contribution in [0.5, 0.6) is 17.8 Å². The van der Waals surface area contributed by atoms with Crippen molar-refractivity contribution >= 4 is 5.95 Å². The van der Waals surface area contributed by atoms with Gasteiger partial charge in [-0.1, -0.05) is 6.92 Å². The van der Waals surface area contributed by atoms with Gasteiger partial charge in [0, 0.05) is 0 Å². The van der Waals surface area contributed by atoms with Gasteiger partial charge in [0.2, 0.25) is 5.95 Å². The molecule has 102 valence electrons. The Balaban J connectivity index is 2.15. The van der Waals surface area contributed by atoms with Crippen LogP contribution in [0.15, 0.2) is 24.3 Å². The average molecular weight is 271 g/mol. The van der Waals surface area contributed by atoms with E-state index in [1.54, 1.807) is 24.3 Å². The molecule has 1 heterocycles. The summed E-state index contributed by atoms with van der Waals surface area (Å²) in [4.78, 5) is 11.7. The molecular weight excluding hydrogens is 258 g/mol. The maximum absolute atomic E-state index is 8.72. The number of nitrogens with zero attached hydrogens (tertiary/aromatic N) is 4. The maximum Gasteiger partial charge on any atom is 0.330 e. The van der Waals surface area contributed by atoms with E-state index < -0.39 is 0 Å². The highest BCUT2D eigenvalue weighted by Gasteiger charge is 2.07. The third-order valence-electron chi connectivity index (χ3n) is 2.24. The van der Waals surface area contributed by atoms with E-state index in [1.165, 1.54) is 0 Å². The Labute approximate surface area is 116 Å². The molecule has 7 heteroatoms. The Kier molecular flexibility index (Phi) is 4.29. The summed E-state index contributed by atoms with van der Waals surface area (Å²) in [5.74, 6) is 0.519. The van der Waals surface area contributed by atoms with Gasteiger partial charge in [-0.3, -0.25) is 0 Å². The fourth-order valence-electron chi connectivity index (χ4n) is 1.36. The number of hydrogen-bond acceptors (Lipinski definition) is 7. The lowest BCUT2D eigenvalue weighted by Crippen LogP contribution is -2.05. The number of aromatic nitrogens is 3. The minimum absolute atomic E-state index is 0.0229. The molecule has 20 heavy (non-hydrogen) atoms. The van der Waals surface area contributed by atoms with Crippen molar-refractivity contribution in [2.24, 2.45) is 0 Å². The van der Waals surface area contributed by atoms with Crippen LogP contribution >= 0.6 is 0 Å². The van der Waals surface area contributed by atoms with Gasteiger partial charge in [-0.25, -0.2) is 0 Å². The van der Waals surface area contributed by atoms with Crippen molar-refractivity contribution in [1.82, 2.24) is 15.0 Å². The van der Waals surface area contributed by atoms with Crippen molar-refractivity contribution in [1.29, 1.82) is 5.26 Å². The Morgan fingerprint density at radius 1 is 1.15 bits per heavy atom. The number of nitriles is 1. The summed E-state index contributed by atoms with van der Waals surface area (Å²) in [6, 6.07) is 8.75. The average Bonchev–Trinajstić information content (AvgIpc) is 2.45. The third kappa shape index (κ3) is 3.55. The summed E-state index contributed by atoms with van der Waals surface area (Å²) in [6.07, 6.45) is 0.831. The molecule has 0 amide bonds. The van der Waals surface area contributed by atoms with Crippen LogP contribution in [0.25, 0.3) is 0 Å². The quantitative estimate of drug-likeness (QED) is 0.884. The van der Waals surface area contributed by atoms with E-state index in [0.29, 0.717) is 17.9 Å². The van der Waals surface area contributed by atoms with Crippen LogP contribution in [0, 0.1) is 11.3 Å². The molecule has 2 aromatic rings.